The lowest BCUT2D eigenvalue weighted by molar-refractivity contribution is -0.716. The molecular weight excluding hydrogens is 308 g/mol. The fourth-order valence-corrected chi connectivity index (χ4v) is 3.83. The normalized spacial score (nSPS) is 16.2. The maximum absolute atomic E-state index is 4.73. The Labute approximate surface area is 146 Å². The predicted molar refractivity (Wildman–Crippen MR) is 96.6 cm³/mol. The SMILES string of the molecule is c1ccc(-n2c[n+]3c(n2)CC[C@H]3Cc2cccc3ccccc23)nc1. The van der Waals surface area contributed by atoms with Crippen LogP contribution in [0.15, 0.2) is 73.2 Å². The molecule has 3 heterocycles. The van der Waals surface area contributed by atoms with Crippen LogP contribution in [0.1, 0.15) is 23.9 Å². The Hall–Kier alpha value is -3.01. The molecule has 2 aromatic carbocycles. The fraction of sp³-hybridized carbons (Fsp3) is 0.190. The number of aryl methyl sites for hydroxylation is 1. The molecule has 0 unspecified atom stereocenters. The summed E-state index contributed by atoms with van der Waals surface area (Å²) in [4.78, 5) is 4.40. The molecule has 0 spiro atoms. The molecule has 25 heavy (non-hydrogen) atoms. The summed E-state index contributed by atoms with van der Waals surface area (Å²) >= 11 is 0. The molecule has 0 saturated carbocycles. The van der Waals surface area contributed by atoms with E-state index < -0.39 is 0 Å². The Morgan fingerprint density at radius 3 is 2.80 bits per heavy atom. The van der Waals surface area contributed by atoms with Gasteiger partial charge in [0.1, 0.15) is 0 Å². The molecule has 0 saturated heterocycles. The molecule has 0 radical (unpaired) electrons. The molecule has 5 rings (SSSR count). The first-order chi connectivity index (χ1) is 12.4. The predicted octanol–water partition coefficient (Wildman–Crippen LogP) is 3.44. The highest BCUT2D eigenvalue weighted by Gasteiger charge is 2.32. The molecule has 4 nitrogen and oxygen atoms in total. The van der Waals surface area contributed by atoms with E-state index in [-0.39, 0.29) is 0 Å². The Morgan fingerprint density at radius 2 is 1.88 bits per heavy atom. The molecule has 0 N–H and O–H groups in total. The number of benzene rings is 2. The molecular formula is C21H19N4+. The molecule has 122 valence electrons. The van der Waals surface area contributed by atoms with Crippen molar-refractivity contribution in [1.82, 2.24) is 14.8 Å². The lowest BCUT2D eigenvalue weighted by Gasteiger charge is -2.11. The van der Waals surface area contributed by atoms with Gasteiger partial charge in [-0.05, 0) is 28.8 Å². The molecule has 0 bridgehead atoms. The zero-order valence-electron chi connectivity index (χ0n) is 13.9. The molecule has 4 aromatic rings. The van der Waals surface area contributed by atoms with Gasteiger partial charge in [0.05, 0.1) is 6.04 Å². The van der Waals surface area contributed by atoms with Crippen molar-refractivity contribution in [3.63, 3.8) is 0 Å². The van der Waals surface area contributed by atoms with Gasteiger partial charge in [0.15, 0.2) is 0 Å². The van der Waals surface area contributed by atoms with Gasteiger partial charge < -0.3 is 0 Å². The van der Waals surface area contributed by atoms with Gasteiger partial charge in [-0.2, -0.15) is 0 Å². The zero-order valence-corrected chi connectivity index (χ0v) is 13.9. The summed E-state index contributed by atoms with van der Waals surface area (Å²) in [7, 11) is 0. The molecule has 0 fully saturated rings. The average Bonchev–Trinajstić information content (AvgIpc) is 3.25. The Bertz CT molecular complexity index is 1030. The van der Waals surface area contributed by atoms with Crippen LogP contribution >= 0.6 is 0 Å². The van der Waals surface area contributed by atoms with Gasteiger partial charge >= 0.3 is 0 Å². The minimum atomic E-state index is 0.457. The number of nitrogens with zero attached hydrogens (tertiary/aromatic N) is 4. The number of fused-ring (bicyclic) bond motifs is 2. The topological polar surface area (TPSA) is 34.6 Å². The molecule has 4 heteroatoms. The minimum Gasteiger partial charge on any atom is -0.231 e. The summed E-state index contributed by atoms with van der Waals surface area (Å²) in [6.45, 7) is 0. The van der Waals surface area contributed by atoms with Crippen molar-refractivity contribution in [3.05, 3.63) is 84.6 Å². The van der Waals surface area contributed by atoms with Crippen molar-refractivity contribution < 1.29 is 4.57 Å². The van der Waals surface area contributed by atoms with E-state index in [4.69, 9.17) is 5.10 Å². The number of hydrogen-bond acceptors (Lipinski definition) is 2. The van der Waals surface area contributed by atoms with Crippen molar-refractivity contribution in [2.45, 2.75) is 25.3 Å². The van der Waals surface area contributed by atoms with Gasteiger partial charge in [-0.1, -0.05) is 53.2 Å². The van der Waals surface area contributed by atoms with E-state index in [1.807, 2.05) is 22.9 Å². The highest BCUT2D eigenvalue weighted by molar-refractivity contribution is 5.85. The van der Waals surface area contributed by atoms with Crippen molar-refractivity contribution >= 4 is 10.8 Å². The number of pyridine rings is 1. The first kappa shape index (κ1) is 14.3. The third kappa shape index (κ3) is 2.50. The third-order valence-corrected chi connectivity index (χ3v) is 5.07. The van der Waals surface area contributed by atoms with Crippen LogP contribution < -0.4 is 4.57 Å². The second-order valence-corrected chi connectivity index (χ2v) is 6.61. The van der Waals surface area contributed by atoms with E-state index in [1.165, 1.54) is 16.3 Å². The molecule has 0 aliphatic carbocycles. The molecule has 2 aromatic heterocycles. The standard InChI is InChI=1S/C21H19N4/c1-2-9-19-16(6-1)7-5-8-17(19)14-18-11-12-21-23-25(15-24(18)21)20-10-3-4-13-22-20/h1-10,13,15,18H,11-12,14H2/q+1/t18-/m0/s1. The summed E-state index contributed by atoms with van der Waals surface area (Å²) < 4.78 is 4.22. The summed E-state index contributed by atoms with van der Waals surface area (Å²) in [6.07, 6.45) is 7.11. The highest BCUT2D eigenvalue weighted by Crippen LogP contribution is 2.25. The Balaban J connectivity index is 1.49. The molecule has 1 atom stereocenters. The lowest BCUT2D eigenvalue weighted by atomic mass is 9.98. The monoisotopic (exact) mass is 327 g/mol. The summed E-state index contributed by atoms with van der Waals surface area (Å²) in [5.41, 5.74) is 1.41. The average molecular weight is 327 g/mol. The number of rotatable bonds is 3. The molecule has 1 aliphatic rings. The summed E-state index contributed by atoms with van der Waals surface area (Å²) in [5.74, 6) is 2.02. The highest BCUT2D eigenvalue weighted by atomic mass is 15.4. The van der Waals surface area contributed by atoms with Crippen LogP contribution in [-0.2, 0) is 12.8 Å². The van der Waals surface area contributed by atoms with Crippen molar-refractivity contribution in [3.8, 4) is 5.82 Å². The summed E-state index contributed by atoms with van der Waals surface area (Å²) in [6, 6.07) is 21.6. The molecule has 1 aliphatic heterocycles. The quantitative estimate of drug-likeness (QED) is 0.540. The first-order valence-corrected chi connectivity index (χ1v) is 8.76. The maximum atomic E-state index is 4.73. The number of hydrogen-bond donors (Lipinski definition) is 0. The van der Waals surface area contributed by atoms with Crippen molar-refractivity contribution in [1.29, 1.82) is 0 Å². The maximum Gasteiger partial charge on any atom is 0.278 e. The molecule has 0 amide bonds. The second kappa shape index (κ2) is 5.81. The van der Waals surface area contributed by atoms with Gasteiger partial charge in [-0.15, -0.1) is 0 Å². The largest absolute Gasteiger partial charge is 0.278 e. The van der Waals surface area contributed by atoms with Gasteiger partial charge in [0, 0.05) is 30.2 Å². The van der Waals surface area contributed by atoms with E-state index in [2.05, 4.69) is 58.3 Å². The van der Waals surface area contributed by atoms with Crippen LogP contribution in [0, 0.1) is 0 Å². The van der Waals surface area contributed by atoms with Gasteiger partial charge in [0.25, 0.3) is 5.82 Å². The third-order valence-electron chi connectivity index (χ3n) is 5.07. The van der Waals surface area contributed by atoms with Gasteiger partial charge in [-0.25, -0.2) is 9.55 Å². The Morgan fingerprint density at radius 1 is 1.00 bits per heavy atom. The zero-order chi connectivity index (χ0) is 16.6. The van der Waals surface area contributed by atoms with Crippen molar-refractivity contribution in [2.75, 3.05) is 0 Å². The smallest absolute Gasteiger partial charge is 0.231 e. The second-order valence-electron chi connectivity index (χ2n) is 6.61. The van der Waals surface area contributed by atoms with E-state index in [0.717, 1.165) is 30.9 Å². The van der Waals surface area contributed by atoms with E-state index in [9.17, 15) is 0 Å². The minimum absolute atomic E-state index is 0.457. The van der Waals surface area contributed by atoms with Crippen LogP contribution in [0.25, 0.3) is 16.6 Å². The van der Waals surface area contributed by atoms with Gasteiger partial charge in [0.2, 0.25) is 12.1 Å². The number of aromatic nitrogens is 4. The van der Waals surface area contributed by atoms with Crippen LogP contribution in [0.5, 0.6) is 0 Å². The van der Waals surface area contributed by atoms with Gasteiger partial charge in [-0.3, -0.25) is 0 Å². The van der Waals surface area contributed by atoms with Crippen LogP contribution in [-0.4, -0.2) is 14.8 Å². The van der Waals surface area contributed by atoms with E-state index >= 15 is 0 Å². The van der Waals surface area contributed by atoms with E-state index in [0.29, 0.717) is 6.04 Å². The summed E-state index contributed by atoms with van der Waals surface area (Å²) in [5, 5.41) is 7.40. The van der Waals surface area contributed by atoms with Crippen LogP contribution in [0.4, 0.5) is 0 Å². The first-order valence-electron chi connectivity index (χ1n) is 8.76. The fourth-order valence-electron chi connectivity index (χ4n) is 3.83. The Kier molecular flexibility index (Phi) is 3.33. The van der Waals surface area contributed by atoms with Crippen LogP contribution in [0.3, 0.4) is 0 Å². The lowest BCUT2D eigenvalue weighted by Crippen LogP contribution is -2.37. The van der Waals surface area contributed by atoms with E-state index in [1.54, 1.807) is 6.20 Å². The van der Waals surface area contributed by atoms with Crippen LogP contribution in [0.2, 0.25) is 0 Å². The van der Waals surface area contributed by atoms with Crippen molar-refractivity contribution in [2.24, 2.45) is 0 Å².